The summed E-state index contributed by atoms with van der Waals surface area (Å²) in [6.45, 7) is -1.63. The van der Waals surface area contributed by atoms with Crippen molar-refractivity contribution >= 4 is 35.8 Å². The van der Waals surface area contributed by atoms with E-state index >= 15 is 9.59 Å². The first-order valence-corrected chi connectivity index (χ1v) is 21.8. The summed E-state index contributed by atoms with van der Waals surface area (Å²) in [6.07, 6.45) is -14.2. The quantitative estimate of drug-likeness (QED) is 0.0686. The Bertz CT molecular complexity index is 3880. The Balaban J connectivity index is 1.32. The number of aliphatic hydroxyl groups is 1. The number of benzene rings is 6. The Morgan fingerprint density at radius 3 is 1.41 bits per heavy atom. The van der Waals surface area contributed by atoms with Crippen LogP contribution in [-0.4, -0.2) is 164 Å². The molecule has 0 fully saturated rings. The first-order valence-electron chi connectivity index (χ1n) is 21.8. The van der Waals surface area contributed by atoms with Gasteiger partial charge >= 0.3 is 35.8 Å². The van der Waals surface area contributed by atoms with Crippen LogP contribution in [0.4, 0.5) is 0 Å². The van der Waals surface area contributed by atoms with Gasteiger partial charge in [-0.2, -0.15) is 0 Å². The first kappa shape index (κ1) is 51.0. The largest absolute Gasteiger partial charge is 0.504 e. The van der Waals surface area contributed by atoms with Gasteiger partial charge in [-0.1, -0.05) is 0 Å². The number of cyclic esters (lactones) is 1. The Labute approximate surface area is 432 Å². The van der Waals surface area contributed by atoms with E-state index in [9.17, 15) is 116 Å². The van der Waals surface area contributed by atoms with Gasteiger partial charge in [0.1, 0.15) is 18.3 Å². The molecule has 0 aromatic heterocycles. The van der Waals surface area contributed by atoms with Crippen molar-refractivity contribution < 1.29 is 154 Å². The second-order valence-electron chi connectivity index (χ2n) is 17.4. The molecule has 79 heavy (non-hydrogen) atoms. The summed E-state index contributed by atoms with van der Waals surface area (Å²) in [5.41, 5.74) is -17.4. The summed E-state index contributed by atoms with van der Waals surface area (Å²) in [5, 5.41) is 211. The summed E-state index contributed by atoms with van der Waals surface area (Å²) in [7, 11) is 0. The molecule has 6 bridgehead atoms. The topological polar surface area (TPSA) is 542 Å². The average Bonchev–Trinajstić information content (AvgIpc) is 3.50. The predicted molar refractivity (Wildman–Crippen MR) is 243 cm³/mol. The van der Waals surface area contributed by atoms with Crippen molar-refractivity contribution in [2.24, 2.45) is 0 Å². The van der Waals surface area contributed by atoms with E-state index < -0.39 is 255 Å². The lowest BCUT2D eigenvalue weighted by atomic mass is 9.80. The third-order valence-corrected chi connectivity index (χ3v) is 13.1. The number of carboxylic acids is 1. The summed E-state index contributed by atoms with van der Waals surface area (Å²) >= 11 is 0. The highest BCUT2D eigenvalue weighted by molar-refractivity contribution is 6.16. The fourth-order valence-corrected chi connectivity index (χ4v) is 9.45. The molecule has 0 aliphatic carbocycles. The zero-order valence-corrected chi connectivity index (χ0v) is 38.3. The van der Waals surface area contributed by atoms with Crippen molar-refractivity contribution in [3.63, 3.8) is 0 Å². The lowest BCUT2D eigenvalue weighted by Gasteiger charge is -2.40. The van der Waals surface area contributed by atoms with Gasteiger partial charge in [-0.05, 0) is 12.1 Å². The molecule has 6 aromatic carbocycles. The molecule has 11 rings (SSSR count). The number of esters is 5. The number of carboxylic acid groups (broad SMARTS) is 1. The predicted octanol–water partition coefficient (Wildman–Crippen LogP) is 2.22. The van der Waals surface area contributed by atoms with E-state index in [0.717, 1.165) is 0 Å². The maximum atomic E-state index is 15.3. The SMILES string of the molecule is O=C(O)c1cc(O)c(O)c(O)c1Oc1cc2c(c(O)c1O)-c1c(cc(O)c(O)c1O)C(=O)OC[C@H]1OC(=O)c3cc(O)c(O)c(O)c3-c3c(O)c(O)c(O)c4c3C(=O)O[C@H]([C@@H]3OC(=O)c5c-4c(O)c(O)c(O)c5[C@H]3O)[C@@H]1OC2=O. The molecule has 5 aliphatic rings. The summed E-state index contributed by atoms with van der Waals surface area (Å²) < 4.78 is 33.5. The van der Waals surface area contributed by atoms with Crippen LogP contribution in [0.3, 0.4) is 0 Å². The number of carbonyl (C=O) groups is 6. The lowest BCUT2D eigenvalue weighted by molar-refractivity contribution is -0.154. The molecular formula is C48H30O31. The van der Waals surface area contributed by atoms with Gasteiger partial charge in [0.15, 0.2) is 93.4 Å². The molecule has 0 radical (unpaired) electrons. The van der Waals surface area contributed by atoms with Crippen molar-refractivity contribution in [3.05, 3.63) is 63.2 Å². The van der Waals surface area contributed by atoms with E-state index in [1.54, 1.807) is 0 Å². The van der Waals surface area contributed by atoms with Gasteiger partial charge in [0.2, 0.25) is 40.2 Å². The van der Waals surface area contributed by atoms with Crippen molar-refractivity contribution in [3.8, 4) is 143 Å². The minimum Gasteiger partial charge on any atom is -0.504 e. The number of fused-ring (bicyclic) bond motifs is 7. The maximum absolute atomic E-state index is 15.3. The Morgan fingerprint density at radius 1 is 0.405 bits per heavy atom. The summed E-state index contributed by atoms with van der Waals surface area (Å²) in [5.74, 6) is -41.8. The van der Waals surface area contributed by atoms with Crippen LogP contribution in [0.1, 0.15) is 73.8 Å². The van der Waals surface area contributed by atoms with Gasteiger partial charge in [-0.15, -0.1) is 0 Å². The van der Waals surface area contributed by atoms with Crippen LogP contribution in [0.2, 0.25) is 0 Å². The van der Waals surface area contributed by atoms with Gasteiger partial charge in [-0.25, -0.2) is 28.8 Å². The average molecular weight is 1100 g/mol. The van der Waals surface area contributed by atoms with Crippen LogP contribution in [0.25, 0.3) is 33.4 Å². The number of phenolic OH excluding ortho intramolecular Hbond substituents is 17. The number of carbonyl (C=O) groups excluding carboxylic acids is 5. The smallest absolute Gasteiger partial charge is 0.340 e. The highest BCUT2D eigenvalue weighted by Gasteiger charge is 2.55. The number of hydrogen-bond donors (Lipinski definition) is 19. The van der Waals surface area contributed by atoms with Crippen LogP contribution in [0.5, 0.6) is 109 Å². The van der Waals surface area contributed by atoms with Gasteiger partial charge in [0, 0.05) is 51.1 Å². The second-order valence-corrected chi connectivity index (χ2v) is 17.4. The molecule has 6 aromatic rings. The number of hydrogen-bond acceptors (Lipinski definition) is 30. The number of aliphatic hydroxyl groups excluding tert-OH is 1. The third-order valence-electron chi connectivity index (χ3n) is 13.1. The summed E-state index contributed by atoms with van der Waals surface area (Å²) in [4.78, 5) is 86.3. The van der Waals surface area contributed by atoms with Crippen molar-refractivity contribution in [1.82, 2.24) is 0 Å². The summed E-state index contributed by atoms with van der Waals surface area (Å²) in [6, 6.07) is 1.15. The molecule has 408 valence electrons. The molecule has 0 unspecified atom stereocenters. The highest BCUT2D eigenvalue weighted by Crippen LogP contribution is 2.62. The Morgan fingerprint density at radius 2 is 0.823 bits per heavy atom. The number of ether oxygens (including phenoxy) is 6. The van der Waals surface area contributed by atoms with Gasteiger partial charge in [0.25, 0.3) is 0 Å². The normalized spacial score (nSPS) is 19.1. The monoisotopic (exact) mass is 1100 g/mol. The van der Waals surface area contributed by atoms with E-state index in [0.29, 0.717) is 12.1 Å². The molecule has 5 heterocycles. The lowest BCUT2D eigenvalue weighted by Crippen LogP contribution is -2.56. The van der Waals surface area contributed by atoms with E-state index in [2.05, 4.69) is 0 Å². The van der Waals surface area contributed by atoms with E-state index in [4.69, 9.17) is 28.4 Å². The Kier molecular flexibility index (Phi) is 11.2. The van der Waals surface area contributed by atoms with Crippen LogP contribution in [0, 0.1) is 0 Å². The highest BCUT2D eigenvalue weighted by atomic mass is 16.6. The molecular weight excluding hydrogens is 1070 g/mol. The first-order chi connectivity index (χ1) is 37.1. The molecule has 31 heteroatoms. The van der Waals surface area contributed by atoms with Crippen molar-refractivity contribution in [2.75, 3.05) is 6.61 Å². The minimum absolute atomic E-state index is 0.249. The number of aromatic carboxylic acids is 1. The molecule has 0 amide bonds. The molecule has 0 saturated carbocycles. The molecule has 5 atom stereocenters. The Hall–Kier alpha value is -11.5. The second kappa shape index (κ2) is 17.3. The minimum atomic E-state index is -2.96. The third kappa shape index (κ3) is 7.09. The van der Waals surface area contributed by atoms with Gasteiger partial charge in [0.05, 0.1) is 27.8 Å². The van der Waals surface area contributed by atoms with Crippen LogP contribution < -0.4 is 4.74 Å². The maximum Gasteiger partial charge on any atom is 0.340 e. The zero-order valence-electron chi connectivity index (χ0n) is 38.3. The fourth-order valence-electron chi connectivity index (χ4n) is 9.45. The molecule has 5 aliphatic heterocycles. The van der Waals surface area contributed by atoms with Crippen LogP contribution in [0.15, 0.2) is 24.3 Å². The van der Waals surface area contributed by atoms with Gasteiger partial charge < -0.3 is 125 Å². The fraction of sp³-hybridized carbons (Fsp3) is 0.125. The molecule has 31 nitrogen and oxygen atoms in total. The van der Waals surface area contributed by atoms with Crippen molar-refractivity contribution in [2.45, 2.75) is 30.5 Å². The number of rotatable bonds is 3. The van der Waals surface area contributed by atoms with Crippen molar-refractivity contribution in [1.29, 1.82) is 0 Å². The zero-order chi connectivity index (χ0) is 57.6. The standard InChI is InChI=1S/C48H30O31/c49-10-1-6-15(28(56)24(10)52)16-8(4-13(27(55)30(16)58)75-39-9(43(67)68)3-12(51)26(54)38(39)66)46(71)77-40-14(5-74-44(6)69)76-45(70)7-2-11(50)25(53)29(57)17(7)18-21-19(32(60)36(64)31(18)59)20-22-23(34(62)37(65)33(20)61)35(63)41(78-48(22)73)42(40)79-47(21)72/h1-4,14,35,40-42,49-66H,5H2,(H,67,68)/t14-,35-,40-,41-,42+/m1/s1. The number of phenols is 17. The van der Waals surface area contributed by atoms with E-state index in [1.165, 1.54) is 0 Å². The molecule has 19 N–H and O–H groups in total. The molecule has 0 saturated heterocycles. The van der Waals surface area contributed by atoms with Crippen LogP contribution in [-0.2, 0) is 23.7 Å². The van der Waals surface area contributed by atoms with E-state index in [-0.39, 0.29) is 12.1 Å². The van der Waals surface area contributed by atoms with E-state index in [1.807, 2.05) is 0 Å². The van der Waals surface area contributed by atoms with Crippen LogP contribution >= 0.6 is 0 Å². The number of aromatic hydroxyl groups is 17. The van der Waals surface area contributed by atoms with Gasteiger partial charge in [-0.3, -0.25) is 0 Å². The molecule has 0 spiro atoms.